The number of nitrogens with zero attached hydrogens (tertiary/aromatic N) is 1. The Bertz CT molecular complexity index is 734. The number of fused-ring (bicyclic) bond motifs is 2. The summed E-state index contributed by atoms with van der Waals surface area (Å²) in [5.41, 5.74) is -0.399. The molecule has 4 rings (SSSR count). The van der Waals surface area contributed by atoms with Crippen LogP contribution in [0.25, 0.3) is 0 Å². The summed E-state index contributed by atoms with van der Waals surface area (Å²) in [4.78, 5) is 39.1. The SMILES string of the molecule is COC(=O)C1(N2C(=O)c3ccc(Br)cc3C3(CC3)C2=O)CC1. The highest BCUT2D eigenvalue weighted by Gasteiger charge is 2.68. The Morgan fingerprint density at radius 1 is 1.23 bits per heavy atom. The number of carbonyl (C=O) groups excluding carboxylic acids is 3. The zero-order chi connectivity index (χ0) is 15.7. The van der Waals surface area contributed by atoms with Crippen molar-refractivity contribution in [3.05, 3.63) is 33.8 Å². The highest BCUT2D eigenvalue weighted by Crippen LogP contribution is 2.57. The Hall–Kier alpha value is -1.69. The summed E-state index contributed by atoms with van der Waals surface area (Å²) in [6.45, 7) is 0. The minimum atomic E-state index is -1.08. The van der Waals surface area contributed by atoms with E-state index in [0.29, 0.717) is 18.4 Å². The van der Waals surface area contributed by atoms with E-state index >= 15 is 0 Å². The fourth-order valence-corrected chi connectivity index (χ4v) is 3.83. The average molecular weight is 364 g/mol. The lowest BCUT2D eigenvalue weighted by atomic mass is 9.84. The number of carbonyl (C=O) groups is 3. The van der Waals surface area contributed by atoms with Crippen molar-refractivity contribution in [3.8, 4) is 0 Å². The van der Waals surface area contributed by atoms with E-state index in [1.807, 2.05) is 6.07 Å². The van der Waals surface area contributed by atoms with E-state index in [1.54, 1.807) is 12.1 Å². The van der Waals surface area contributed by atoms with Crippen LogP contribution in [0.15, 0.2) is 22.7 Å². The summed E-state index contributed by atoms with van der Waals surface area (Å²) in [6.07, 6.45) is 2.41. The lowest BCUT2D eigenvalue weighted by Crippen LogP contribution is -2.57. The first kappa shape index (κ1) is 13.9. The number of esters is 1. The second kappa shape index (κ2) is 4.19. The molecule has 114 valence electrons. The van der Waals surface area contributed by atoms with Crippen molar-refractivity contribution in [1.82, 2.24) is 4.90 Å². The molecule has 22 heavy (non-hydrogen) atoms. The second-order valence-electron chi connectivity index (χ2n) is 6.24. The first-order valence-corrected chi connectivity index (χ1v) is 8.03. The van der Waals surface area contributed by atoms with Crippen LogP contribution in [0.5, 0.6) is 0 Å². The maximum absolute atomic E-state index is 13.0. The number of amides is 2. The molecule has 0 atom stereocenters. The fourth-order valence-electron chi connectivity index (χ4n) is 3.47. The van der Waals surface area contributed by atoms with Crippen molar-refractivity contribution in [2.45, 2.75) is 36.6 Å². The third-order valence-corrected chi connectivity index (χ3v) is 5.50. The summed E-state index contributed by atoms with van der Waals surface area (Å²) in [5.74, 6) is -1.12. The van der Waals surface area contributed by atoms with Crippen LogP contribution in [-0.2, 0) is 19.7 Å². The van der Waals surface area contributed by atoms with Gasteiger partial charge in [-0.2, -0.15) is 0 Å². The molecule has 6 heteroatoms. The minimum absolute atomic E-state index is 0.244. The van der Waals surface area contributed by atoms with Gasteiger partial charge in [0, 0.05) is 10.0 Å². The molecule has 0 aromatic heterocycles. The normalized spacial score (nSPS) is 23.3. The minimum Gasteiger partial charge on any atom is -0.467 e. The zero-order valence-corrected chi connectivity index (χ0v) is 13.6. The number of hydrogen-bond donors (Lipinski definition) is 0. The molecule has 0 N–H and O–H groups in total. The molecule has 1 spiro atoms. The van der Waals surface area contributed by atoms with Gasteiger partial charge in [0.1, 0.15) is 5.54 Å². The maximum atomic E-state index is 13.0. The van der Waals surface area contributed by atoms with Gasteiger partial charge in [-0.05, 0) is 49.4 Å². The monoisotopic (exact) mass is 363 g/mol. The Balaban J connectivity index is 1.87. The first-order chi connectivity index (χ1) is 10.5. The van der Waals surface area contributed by atoms with Gasteiger partial charge in [-0.15, -0.1) is 0 Å². The van der Waals surface area contributed by atoms with Crippen LogP contribution in [0.3, 0.4) is 0 Å². The van der Waals surface area contributed by atoms with Gasteiger partial charge in [0.2, 0.25) is 5.91 Å². The van der Waals surface area contributed by atoms with Gasteiger partial charge < -0.3 is 4.74 Å². The molecule has 1 aromatic rings. The number of halogens is 1. The van der Waals surface area contributed by atoms with E-state index in [0.717, 1.165) is 22.9 Å². The number of hydrogen-bond acceptors (Lipinski definition) is 4. The van der Waals surface area contributed by atoms with E-state index in [1.165, 1.54) is 12.0 Å². The van der Waals surface area contributed by atoms with Crippen LogP contribution < -0.4 is 0 Å². The summed E-state index contributed by atoms with van der Waals surface area (Å²) in [7, 11) is 1.29. The largest absolute Gasteiger partial charge is 0.467 e. The molecular weight excluding hydrogens is 350 g/mol. The smallest absolute Gasteiger partial charge is 0.332 e. The van der Waals surface area contributed by atoms with E-state index in [9.17, 15) is 14.4 Å². The van der Waals surface area contributed by atoms with Gasteiger partial charge in [-0.1, -0.05) is 15.9 Å². The van der Waals surface area contributed by atoms with Crippen LogP contribution in [0.2, 0.25) is 0 Å². The molecule has 1 heterocycles. The Labute approximate surface area is 135 Å². The molecule has 0 radical (unpaired) electrons. The molecule has 5 nitrogen and oxygen atoms in total. The van der Waals surface area contributed by atoms with Gasteiger partial charge in [0.25, 0.3) is 5.91 Å². The van der Waals surface area contributed by atoms with Crippen LogP contribution in [0, 0.1) is 0 Å². The van der Waals surface area contributed by atoms with Crippen LogP contribution >= 0.6 is 15.9 Å². The maximum Gasteiger partial charge on any atom is 0.332 e. The van der Waals surface area contributed by atoms with Crippen LogP contribution in [0.1, 0.15) is 41.6 Å². The molecule has 0 bridgehead atoms. The number of ether oxygens (including phenoxy) is 1. The number of imide groups is 1. The van der Waals surface area contributed by atoms with Crippen molar-refractivity contribution in [1.29, 1.82) is 0 Å². The molecular formula is C16H14BrNO4. The van der Waals surface area contributed by atoms with Gasteiger partial charge in [0.05, 0.1) is 12.5 Å². The summed E-state index contributed by atoms with van der Waals surface area (Å²) >= 11 is 3.40. The van der Waals surface area contributed by atoms with E-state index < -0.39 is 16.9 Å². The van der Waals surface area contributed by atoms with Crippen LogP contribution in [0.4, 0.5) is 0 Å². The van der Waals surface area contributed by atoms with Gasteiger partial charge >= 0.3 is 5.97 Å². The van der Waals surface area contributed by atoms with Gasteiger partial charge in [-0.3, -0.25) is 14.5 Å². The molecule has 0 unspecified atom stereocenters. The number of benzene rings is 1. The fraction of sp³-hybridized carbons (Fsp3) is 0.438. The van der Waals surface area contributed by atoms with Gasteiger partial charge in [-0.25, -0.2) is 4.79 Å². The van der Waals surface area contributed by atoms with Crippen molar-refractivity contribution >= 4 is 33.7 Å². The third-order valence-electron chi connectivity index (χ3n) is 5.01. The van der Waals surface area contributed by atoms with Crippen molar-refractivity contribution < 1.29 is 19.1 Å². The molecule has 2 aliphatic carbocycles. The molecule has 2 amide bonds. The predicted molar refractivity (Wildman–Crippen MR) is 80.2 cm³/mol. The molecule has 1 aliphatic heterocycles. The van der Waals surface area contributed by atoms with Gasteiger partial charge in [0.15, 0.2) is 0 Å². The lowest BCUT2D eigenvalue weighted by molar-refractivity contribution is -0.153. The summed E-state index contributed by atoms with van der Waals surface area (Å²) in [5, 5.41) is 0. The molecule has 0 saturated heterocycles. The van der Waals surface area contributed by atoms with Crippen molar-refractivity contribution in [2.24, 2.45) is 0 Å². The first-order valence-electron chi connectivity index (χ1n) is 7.24. The topological polar surface area (TPSA) is 63.7 Å². The zero-order valence-electron chi connectivity index (χ0n) is 12.0. The van der Waals surface area contributed by atoms with E-state index in [2.05, 4.69) is 15.9 Å². The summed E-state index contributed by atoms with van der Waals surface area (Å²) < 4.78 is 5.68. The summed E-state index contributed by atoms with van der Waals surface area (Å²) in [6, 6.07) is 5.38. The lowest BCUT2D eigenvalue weighted by Gasteiger charge is -2.37. The number of methoxy groups -OCH3 is 1. The molecule has 2 fully saturated rings. The Morgan fingerprint density at radius 3 is 2.45 bits per heavy atom. The van der Waals surface area contributed by atoms with E-state index in [-0.39, 0.29) is 11.8 Å². The predicted octanol–water partition coefficient (Wildman–Crippen LogP) is 2.17. The second-order valence-corrected chi connectivity index (χ2v) is 7.16. The molecule has 2 saturated carbocycles. The number of rotatable bonds is 2. The highest BCUT2D eigenvalue weighted by atomic mass is 79.9. The van der Waals surface area contributed by atoms with E-state index in [4.69, 9.17) is 4.74 Å². The van der Waals surface area contributed by atoms with Crippen molar-refractivity contribution in [3.63, 3.8) is 0 Å². The third kappa shape index (κ3) is 1.56. The molecule has 1 aromatic carbocycles. The van der Waals surface area contributed by atoms with Crippen molar-refractivity contribution in [2.75, 3.05) is 7.11 Å². The Morgan fingerprint density at radius 2 is 1.91 bits per heavy atom. The molecule has 3 aliphatic rings. The average Bonchev–Trinajstić information content (AvgIpc) is 3.39. The standard InChI is InChI=1S/C16H14BrNO4/c1-22-14(21)16(6-7-16)18-12(19)10-3-2-9(17)8-11(10)15(4-5-15)13(18)20/h2-3,8H,4-7H2,1H3. The highest BCUT2D eigenvalue weighted by molar-refractivity contribution is 9.10. The van der Waals surface area contributed by atoms with Crippen LogP contribution in [-0.4, -0.2) is 35.3 Å². The Kier molecular flexibility index (Phi) is 2.65. The quantitative estimate of drug-likeness (QED) is 0.596.